The monoisotopic (exact) mass is 253 g/mol. The lowest BCUT2D eigenvalue weighted by Crippen LogP contribution is -2.23. The zero-order chi connectivity index (χ0) is 10.9. The first-order valence-electron chi connectivity index (χ1n) is 3.54. The summed E-state index contributed by atoms with van der Waals surface area (Å²) in [6.45, 7) is 0. The fourth-order valence-electron chi connectivity index (χ4n) is 0.846. The Labute approximate surface area is 95.8 Å². The molecule has 1 amide bonds. The van der Waals surface area contributed by atoms with E-state index in [1.165, 1.54) is 19.2 Å². The van der Waals surface area contributed by atoms with Gasteiger partial charge in [-0.3, -0.25) is 4.90 Å². The summed E-state index contributed by atoms with van der Waals surface area (Å²) in [5.74, 6) is 0. The molecule has 1 N–H and O–H groups in total. The van der Waals surface area contributed by atoms with E-state index in [1.54, 1.807) is 0 Å². The summed E-state index contributed by atoms with van der Waals surface area (Å²) in [6.07, 6.45) is -1.10. The van der Waals surface area contributed by atoms with Gasteiger partial charge in [0.1, 0.15) is 0 Å². The zero-order valence-electron chi connectivity index (χ0n) is 7.09. The van der Waals surface area contributed by atoms with Gasteiger partial charge in [-0.15, -0.1) is 0 Å². The standard InChI is InChI=1S/C8H6Cl3NO2/c1-12(8(13)14)4-2-5(9)7(11)6(10)3-4/h2-3H,1H3,(H,13,14). The van der Waals surface area contributed by atoms with Crippen molar-refractivity contribution in [1.29, 1.82) is 0 Å². The number of carboxylic acid groups (broad SMARTS) is 1. The van der Waals surface area contributed by atoms with Crippen LogP contribution < -0.4 is 4.90 Å². The van der Waals surface area contributed by atoms with E-state index in [4.69, 9.17) is 39.9 Å². The van der Waals surface area contributed by atoms with Gasteiger partial charge in [0.05, 0.1) is 15.1 Å². The smallest absolute Gasteiger partial charge is 0.411 e. The Morgan fingerprint density at radius 1 is 1.29 bits per heavy atom. The Morgan fingerprint density at radius 3 is 2.07 bits per heavy atom. The lowest BCUT2D eigenvalue weighted by Gasteiger charge is -2.14. The number of hydrogen-bond donors (Lipinski definition) is 1. The second kappa shape index (κ2) is 4.26. The van der Waals surface area contributed by atoms with Crippen molar-refractivity contribution in [2.45, 2.75) is 0 Å². The molecule has 3 nitrogen and oxygen atoms in total. The Morgan fingerprint density at radius 2 is 1.71 bits per heavy atom. The van der Waals surface area contributed by atoms with Crippen LogP contribution in [0.2, 0.25) is 15.1 Å². The number of nitrogens with zero attached hydrogens (tertiary/aromatic N) is 1. The van der Waals surface area contributed by atoms with Crippen molar-refractivity contribution in [3.63, 3.8) is 0 Å². The molecule has 0 aromatic heterocycles. The molecule has 1 rings (SSSR count). The predicted molar refractivity (Wildman–Crippen MR) is 57.9 cm³/mol. The Balaban J connectivity index is 3.19. The predicted octanol–water partition coefficient (Wildman–Crippen LogP) is 3.76. The van der Waals surface area contributed by atoms with Crippen molar-refractivity contribution in [1.82, 2.24) is 0 Å². The molecule has 0 spiro atoms. The van der Waals surface area contributed by atoms with E-state index in [2.05, 4.69) is 0 Å². The van der Waals surface area contributed by atoms with Crippen LogP contribution in [-0.2, 0) is 0 Å². The topological polar surface area (TPSA) is 40.5 Å². The van der Waals surface area contributed by atoms with Crippen LogP contribution in [0.5, 0.6) is 0 Å². The molecule has 0 aliphatic carbocycles. The minimum Gasteiger partial charge on any atom is -0.465 e. The SMILES string of the molecule is CN(C(=O)O)c1cc(Cl)c(Cl)c(Cl)c1. The van der Waals surface area contributed by atoms with Crippen molar-refractivity contribution >= 4 is 46.6 Å². The maximum Gasteiger partial charge on any atom is 0.411 e. The summed E-state index contributed by atoms with van der Waals surface area (Å²) >= 11 is 17.2. The summed E-state index contributed by atoms with van der Waals surface area (Å²) in [7, 11) is 1.39. The molecule has 0 atom stereocenters. The van der Waals surface area contributed by atoms with Crippen LogP contribution in [0.25, 0.3) is 0 Å². The van der Waals surface area contributed by atoms with Gasteiger partial charge in [-0.1, -0.05) is 34.8 Å². The molecule has 0 unspecified atom stereocenters. The van der Waals surface area contributed by atoms with E-state index < -0.39 is 6.09 Å². The van der Waals surface area contributed by atoms with Gasteiger partial charge in [0.25, 0.3) is 0 Å². The quantitative estimate of drug-likeness (QED) is 0.775. The third-order valence-corrected chi connectivity index (χ3v) is 2.84. The van der Waals surface area contributed by atoms with Crippen LogP contribution in [0.1, 0.15) is 0 Å². The van der Waals surface area contributed by atoms with E-state index in [9.17, 15) is 4.79 Å². The molecule has 0 saturated carbocycles. The van der Waals surface area contributed by atoms with Crippen LogP contribution >= 0.6 is 34.8 Å². The first-order chi connectivity index (χ1) is 6.43. The number of carbonyl (C=O) groups is 1. The van der Waals surface area contributed by atoms with Crippen LogP contribution in [0, 0.1) is 0 Å². The normalized spacial score (nSPS) is 10.0. The average Bonchev–Trinajstić information content (AvgIpc) is 2.12. The van der Waals surface area contributed by atoms with Crippen LogP contribution in [0.15, 0.2) is 12.1 Å². The molecule has 0 aliphatic heterocycles. The number of amides is 1. The van der Waals surface area contributed by atoms with Gasteiger partial charge in [-0.05, 0) is 12.1 Å². The number of rotatable bonds is 1. The van der Waals surface area contributed by atoms with Crippen molar-refractivity contribution < 1.29 is 9.90 Å². The van der Waals surface area contributed by atoms with Crippen molar-refractivity contribution in [2.75, 3.05) is 11.9 Å². The van der Waals surface area contributed by atoms with Crippen LogP contribution in [0.4, 0.5) is 10.5 Å². The summed E-state index contributed by atoms with van der Waals surface area (Å²) in [5, 5.41) is 9.36. The van der Waals surface area contributed by atoms with Gasteiger partial charge in [0.15, 0.2) is 0 Å². The molecule has 0 fully saturated rings. The molecule has 14 heavy (non-hydrogen) atoms. The van der Waals surface area contributed by atoms with E-state index in [0.717, 1.165) is 4.90 Å². The molecule has 0 bridgehead atoms. The first-order valence-corrected chi connectivity index (χ1v) is 4.68. The average molecular weight is 254 g/mol. The maximum atomic E-state index is 10.6. The van der Waals surface area contributed by atoms with Crippen LogP contribution in [0.3, 0.4) is 0 Å². The number of hydrogen-bond acceptors (Lipinski definition) is 1. The zero-order valence-corrected chi connectivity index (χ0v) is 9.36. The van der Waals surface area contributed by atoms with Crippen molar-refractivity contribution in [2.24, 2.45) is 0 Å². The highest BCUT2D eigenvalue weighted by Crippen LogP contribution is 2.34. The summed E-state index contributed by atoms with van der Waals surface area (Å²) in [6, 6.07) is 2.87. The molecule has 0 radical (unpaired) electrons. The first kappa shape index (κ1) is 11.4. The van der Waals surface area contributed by atoms with Gasteiger partial charge in [0, 0.05) is 12.7 Å². The third-order valence-electron chi connectivity index (χ3n) is 1.64. The summed E-state index contributed by atoms with van der Waals surface area (Å²) in [5.41, 5.74) is 0.372. The number of benzene rings is 1. The minimum absolute atomic E-state index is 0.218. The molecule has 1 aromatic rings. The summed E-state index contributed by atoms with van der Waals surface area (Å²) < 4.78 is 0. The Kier molecular flexibility index (Phi) is 3.48. The van der Waals surface area contributed by atoms with Gasteiger partial charge in [-0.2, -0.15) is 0 Å². The highest BCUT2D eigenvalue weighted by molar-refractivity contribution is 6.48. The second-order valence-electron chi connectivity index (χ2n) is 2.56. The Bertz CT molecular complexity index is 358. The Hall–Kier alpha value is -0.640. The summed E-state index contributed by atoms with van der Waals surface area (Å²) in [4.78, 5) is 11.6. The van der Waals surface area contributed by atoms with Crippen LogP contribution in [-0.4, -0.2) is 18.2 Å². The highest BCUT2D eigenvalue weighted by Gasteiger charge is 2.12. The van der Waals surface area contributed by atoms with Gasteiger partial charge in [-0.25, -0.2) is 4.79 Å². The van der Waals surface area contributed by atoms with Gasteiger partial charge < -0.3 is 5.11 Å². The molecular weight excluding hydrogens is 248 g/mol. The second-order valence-corrected chi connectivity index (χ2v) is 3.76. The molecule has 1 aromatic carbocycles. The fourth-order valence-corrected chi connectivity index (χ4v) is 1.43. The molecule has 0 aliphatic rings. The largest absolute Gasteiger partial charge is 0.465 e. The van der Waals surface area contributed by atoms with E-state index in [1.807, 2.05) is 0 Å². The molecule has 6 heteroatoms. The lowest BCUT2D eigenvalue weighted by atomic mass is 10.3. The minimum atomic E-state index is -1.10. The van der Waals surface area contributed by atoms with Crippen molar-refractivity contribution in [3.8, 4) is 0 Å². The van der Waals surface area contributed by atoms with Crippen molar-refractivity contribution in [3.05, 3.63) is 27.2 Å². The fraction of sp³-hybridized carbons (Fsp3) is 0.125. The van der Waals surface area contributed by atoms with E-state index >= 15 is 0 Å². The molecule has 0 heterocycles. The van der Waals surface area contributed by atoms with Gasteiger partial charge in [0.2, 0.25) is 0 Å². The maximum absolute atomic E-state index is 10.6. The highest BCUT2D eigenvalue weighted by atomic mass is 35.5. The number of halogens is 3. The number of anilines is 1. The third kappa shape index (κ3) is 2.23. The molecule has 0 saturated heterocycles. The van der Waals surface area contributed by atoms with E-state index in [0.29, 0.717) is 5.69 Å². The lowest BCUT2D eigenvalue weighted by molar-refractivity contribution is 0.203. The van der Waals surface area contributed by atoms with E-state index in [-0.39, 0.29) is 15.1 Å². The molecular formula is C8H6Cl3NO2. The molecule has 76 valence electrons. The van der Waals surface area contributed by atoms with Gasteiger partial charge >= 0.3 is 6.09 Å².